The average Bonchev–Trinajstić information content (AvgIpc) is 2.64. The van der Waals surface area contributed by atoms with Crippen LogP contribution in [0, 0.1) is 0 Å². The van der Waals surface area contributed by atoms with Crippen LogP contribution in [-0.2, 0) is 4.74 Å². The SMILES string of the molecule is COC(=O)c1cc(C(=O)CN(C)C)c[nH]1. The molecule has 0 unspecified atom stereocenters. The molecule has 0 aliphatic carbocycles. The first kappa shape index (κ1) is 11.5. The lowest BCUT2D eigenvalue weighted by molar-refractivity contribution is 0.0595. The molecule has 0 aliphatic heterocycles. The Hall–Kier alpha value is -1.62. The van der Waals surface area contributed by atoms with Gasteiger partial charge in [0.2, 0.25) is 0 Å². The molecule has 0 amide bonds. The lowest BCUT2D eigenvalue weighted by atomic mass is 10.2. The van der Waals surface area contributed by atoms with Gasteiger partial charge >= 0.3 is 5.97 Å². The van der Waals surface area contributed by atoms with Gasteiger partial charge in [0, 0.05) is 11.8 Å². The normalized spacial score (nSPS) is 10.4. The van der Waals surface area contributed by atoms with Crippen molar-refractivity contribution in [2.45, 2.75) is 0 Å². The third-order valence-electron chi connectivity index (χ3n) is 1.87. The van der Waals surface area contributed by atoms with Crippen LogP contribution in [0.5, 0.6) is 0 Å². The number of H-pyrrole nitrogens is 1. The minimum atomic E-state index is -0.473. The van der Waals surface area contributed by atoms with Crippen LogP contribution in [0.1, 0.15) is 20.8 Å². The molecule has 15 heavy (non-hydrogen) atoms. The van der Waals surface area contributed by atoms with E-state index in [2.05, 4.69) is 9.72 Å². The van der Waals surface area contributed by atoms with E-state index in [9.17, 15) is 9.59 Å². The minimum Gasteiger partial charge on any atom is -0.464 e. The zero-order chi connectivity index (χ0) is 11.4. The van der Waals surface area contributed by atoms with E-state index in [1.807, 2.05) is 14.1 Å². The van der Waals surface area contributed by atoms with Crippen LogP contribution in [0.25, 0.3) is 0 Å². The van der Waals surface area contributed by atoms with E-state index in [1.54, 1.807) is 4.90 Å². The Balaban J connectivity index is 2.75. The fraction of sp³-hybridized carbons (Fsp3) is 0.400. The maximum absolute atomic E-state index is 11.6. The van der Waals surface area contributed by atoms with E-state index in [-0.39, 0.29) is 5.78 Å². The number of rotatable bonds is 4. The van der Waals surface area contributed by atoms with Gasteiger partial charge in [0.15, 0.2) is 5.78 Å². The smallest absolute Gasteiger partial charge is 0.354 e. The second-order valence-corrected chi connectivity index (χ2v) is 3.45. The topological polar surface area (TPSA) is 62.4 Å². The lowest BCUT2D eigenvalue weighted by Gasteiger charge is -2.06. The maximum Gasteiger partial charge on any atom is 0.354 e. The number of aromatic amines is 1. The highest BCUT2D eigenvalue weighted by Crippen LogP contribution is 2.06. The van der Waals surface area contributed by atoms with Crippen molar-refractivity contribution in [3.8, 4) is 0 Å². The van der Waals surface area contributed by atoms with E-state index in [4.69, 9.17) is 0 Å². The van der Waals surface area contributed by atoms with E-state index in [0.29, 0.717) is 17.8 Å². The molecule has 1 aromatic rings. The monoisotopic (exact) mass is 210 g/mol. The van der Waals surface area contributed by atoms with Gasteiger partial charge in [0.1, 0.15) is 5.69 Å². The minimum absolute atomic E-state index is 0.0357. The summed E-state index contributed by atoms with van der Waals surface area (Å²) in [5, 5.41) is 0. The summed E-state index contributed by atoms with van der Waals surface area (Å²) < 4.78 is 4.52. The number of esters is 1. The highest BCUT2D eigenvalue weighted by atomic mass is 16.5. The van der Waals surface area contributed by atoms with Crippen LogP contribution in [0.2, 0.25) is 0 Å². The first-order valence-electron chi connectivity index (χ1n) is 4.49. The molecule has 1 N–H and O–H groups in total. The number of hydrogen-bond donors (Lipinski definition) is 1. The third-order valence-corrected chi connectivity index (χ3v) is 1.87. The average molecular weight is 210 g/mol. The molecule has 0 saturated carbocycles. The molecular formula is C10H14N2O3. The van der Waals surface area contributed by atoms with Crippen molar-refractivity contribution in [2.24, 2.45) is 0 Å². The zero-order valence-electron chi connectivity index (χ0n) is 9.03. The largest absolute Gasteiger partial charge is 0.464 e. The Morgan fingerprint density at radius 1 is 1.47 bits per heavy atom. The van der Waals surface area contributed by atoms with Crippen molar-refractivity contribution in [2.75, 3.05) is 27.7 Å². The first-order valence-corrected chi connectivity index (χ1v) is 4.49. The molecule has 0 atom stereocenters. The Kier molecular flexibility index (Phi) is 3.62. The Labute approximate surface area is 88.0 Å². The van der Waals surface area contributed by atoms with Crippen molar-refractivity contribution in [1.82, 2.24) is 9.88 Å². The number of Topliss-reactive ketones (excluding diaryl/α,β-unsaturated/α-hetero) is 1. The number of ketones is 1. The van der Waals surface area contributed by atoms with Gasteiger partial charge in [0.25, 0.3) is 0 Å². The quantitative estimate of drug-likeness (QED) is 0.582. The van der Waals surface area contributed by atoms with Crippen LogP contribution in [0.15, 0.2) is 12.3 Å². The fourth-order valence-corrected chi connectivity index (χ4v) is 1.16. The molecule has 0 fully saturated rings. The summed E-state index contributed by atoms with van der Waals surface area (Å²) in [7, 11) is 4.92. The lowest BCUT2D eigenvalue weighted by Crippen LogP contribution is -2.21. The summed E-state index contributed by atoms with van der Waals surface area (Å²) in [6.45, 7) is 0.318. The standard InChI is InChI=1S/C10H14N2O3/c1-12(2)6-9(13)7-4-8(11-5-7)10(14)15-3/h4-5,11H,6H2,1-3H3. The molecule has 0 saturated heterocycles. The van der Waals surface area contributed by atoms with Gasteiger partial charge in [-0.1, -0.05) is 0 Å². The van der Waals surface area contributed by atoms with Gasteiger partial charge in [-0.05, 0) is 20.2 Å². The summed E-state index contributed by atoms with van der Waals surface area (Å²) in [6, 6.07) is 1.50. The molecule has 1 rings (SSSR count). The maximum atomic E-state index is 11.6. The van der Waals surface area contributed by atoms with Gasteiger partial charge in [0.05, 0.1) is 13.7 Å². The molecule has 1 aromatic heterocycles. The highest BCUT2D eigenvalue weighted by Gasteiger charge is 2.13. The summed E-state index contributed by atoms with van der Waals surface area (Å²) in [5.41, 5.74) is 0.781. The van der Waals surface area contributed by atoms with Gasteiger partial charge in [-0.3, -0.25) is 4.79 Å². The Morgan fingerprint density at radius 3 is 2.67 bits per heavy atom. The number of carbonyl (C=O) groups is 2. The summed E-state index contributed by atoms with van der Waals surface area (Å²) >= 11 is 0. The molecule has 0 aromatic carbocycles. The molecule has 5 nitrogen and oxygen atoms in total. The molecular weight excluding hydrogens is 196 g/mol. The molecule has 5 heteroatoms. The summed E-state index contributed by atoms with van der Waals surface area (Å²) in [5.74, 6) is -0.509. The second kappa shape index (κ2) is 4.75. The van der Waals surface area contributed by atoms with E-state index in [1.165, 1.54) is 19.4 Å². The third kappa shape index (κ3) is 2.92. The summed E-state index contributed by atoms with van der Waals surface area (Å²) in [4.78, 5) is 27.1. The van der Waals surface area contributed by atoms with Crippen molar-refractivity contribution >= 4 is 11.8 Å². The van der Waals surface area contributed by atoms with Crippen molar-refractivity contribution in [1.29, 1.82) is 0 Å². The highest BCUT2D eigenvalue weighted by molar-refractivity contribution is 6.00. The fourth-order valence-electron chi connectivity index (χ4n) is 1.16. The predicted molar refractivity (Wildman–Crippen MR) is 55.0 cm³/mol. The van der Waals surface area contributed by atoms with Gasteiger partial charge in [-0.25, -0.2) is 4.79 Å². The molecule has 1 heterocycles. The summed E-state index contributed by atoms with van der Waals surface area (Å²) in [6.07, 6.45) is 1.51. The van der Waals surface area contributed by atoms with Gasteiger partial charge in [-0.15, -0.1) is 0 Å². The number of likely N-dealkylation sites (N-methyl/N-ethyl adjacent to an activating group) is 1. The molecule has 0 bridgehead atoms. The van der Waals surface area contributed by atoms with Crippen LogP contribution >= 0.6 is 0 Å². The van der Waals surface area contributed by atoms with E-state index in [0.717, 1.165) is 0 Å². The molecule has 0 spiro atoms. The molecule has 0 radical (unpaired) electrons. The van der Waals surface area contributed by atoms with Crippen LogP contribution in [0.4, 0.5) is 0 Å². The van der Waals surface area contributed by atoms with Crippen LogP contribution < -0.4 is 0 Å². The van der Waals surface area contributed by atoms with Crippen molar-refractivity contribution in [3.05, 3.63) is 23.5 Å². The molecule has 82 valence electrons. The predicted octanol–water partition coefficient (Wildman–Crippen LogP) is 0.546. The van der Waals surface area contributed by atoms with Crippen LogP contribution in [0.3, 0.4) is 0 Å². The van der Waals surface area contributed by atoms with Gasteiger partial charge < -0.3 is 14.6 Å². The number of methoxy groups -OCH3 is 1. The van der Waals surface area contributed by atoms with E-state index < -0.39 is 5.97 Å². The number of nitrogens with zero attached hydrogens (tertiary/aromatic N) is 1. The Bertz CT molecular complexity index is 368. The number of aromatic nitrogens is 1. The van der Waals surface area contributed by atoms with Crippen molar-refractivity contribution in [3.63, 3.8) is 0 Å². The van der Waals surface area contributed by atoms with Crippen molar-refractivity contribution < 1.29 is 14.3 Å². The van der Waals surface area contributed by atoms with Gasteiger partial charge in [-0.2, -0.15) is 0 Å². The Morgan fingerprint density at radius 2 is 2.13 bits per heavy atom. The number of nitrogens with one attached hydrogen (secondary N) is 1. The van der Waals surface area contributed by atoms with Crippen LogP contribution in [-0.4, -0.2) is 49.4 Å². The second-order valence-electron chi connectivity index (χ2n) is 3.45. The van der Waals surface area contributed by atoms with E-state index >= 15 is 0 Å². The number of hydrogen-bond acceptors (Lipinski definition) is 4. The zero-order valence-corrected chi connectivity index (χ0v) is 9.03. The first-order chi connectivity index (χ1) is 7.04. The number of ether oxygens (including phenoxy) is 1. The molecule has 0 aliphatic rings. The number of carbonyl (C=O) groups excluding carboxylic acids is 2.